The molecule has 0 aromatic rings. The zero-order valence-electron chi connectivity index (χ0n) is 22.7. The molecule has 0 aliphatic carbocycles. The van der Waals surface area contributed by atoms with Crippen LogP contribution in [0.1, 0.15) is 54.4 Å². The SMILES string of the molecule is CC(=O)OO[C@H]1O[C@H](O[C@@H]2[C@@H](OC(C)=O)[C@H](OC(C)=O)[C@@H]3CC[C@H]2O3)[C@@H](OC(C)=O)[C@H](OC(C)=O)[C@@H]1OC(C)=O. The van der Waals surface area contributed by atoms with Gasteiger partial charge in [0.25, 0.3) is 0 Å². The maximum absolute atomic E-state index is 12.1. The van der Waals surface area contributed by atoms with Crippen molar-refractivity contribution in [3.05, 3.63) is 0 Å². The molecule has 16 heteroatoms. The molecule has 0 N–H and O–H groups in total. The molecule has 3 saturated heterocycles. The van der Waals surface area contributed by atoms with Crippen LogP contribution < -0.4 is 0 Å². The maximum Gasteiger partial charge on any atom is 0.339 e. The van der Waals surface area contributed by atoms with Gasteiger partial charge in [-0.15, -0.1) is 4.89 Å². The third-order valence-corrected chi connectivity index (χ3v) is 5.98. The molecular formula is C24H32O16. The fourth-order valence-corrected chi connectivity index (χ4v) is 4.80. The van der Waals surface area contributed by atoms with Crippen LogP contribution in [0.15, 0.2) is 0 Å². The van der Waals surface area contributed by atoms with Crippen molar-refractivity contribution >= 4 is 35.8 Å². The summed E-state index contributed by atoms with van der Waals surface area (Å²) >= 11 is 0. The second-order valence-corrected chi connectivity index (χ2v) is 9.31. The highest BCUT2D eigenvalue weighted by Crippen LogP contribution is 2.40. The number of ether oxygens (including phenoxy) is 8. The van der Waals surface area contributed by atoms with Crippen molar-refractivity contribution < 1.29 is 76.4 Å². The van der Waals surface area contributed by atoms with Crippen LogP contribution in [0.4, 0.5) is 0 Å². The monoisotopic (exact) mass is 576 g/mol. The summed E-state index contributed by atoms with van der Waals surface area (Å²) in [6.45, 7) is 6.52. The van der Waals surface area contributed by atoms with Gasteiger partial charge in [0.1, 0.15) is 6.10 Å². The first kappa shape index (κ1) is 31.2. The average Bonchev–Trinajstić information content (AvgIpc) is 3.26. The van der Waals surface area contributed by atoms with Crippen LogP contribution in [0.3, 0.4) is 0 Å². The van der Waals surface area contributed by atoms with E-state index in [-0.39, 0.29) is 0 Å². The summed E-state index contributed by atoms with van der Waals surface area (Å²) < 4.78 is 44.7. The molecule has 0 aromatic heterocycles. The molecule has 224 valence electrons. The molecule has 0 amide bonds. The van der Waals surface area contributed by atoms with Gasteiger partial charge in [-0.05, 0) is 12.8 Å². The summed E-state index contributed by atoms with van der Waals surface area (Å²) in [5, 5.41) is 0. The normalized spacial score (nSPS) is 34.6. The molecule has 0 saturated carbocycles. The Morgan fingerprint density at radius 2 is 0.875 bits per heavy atom. The lowest BCUT2D eigenvalue weighted by molar-refractivity contribution is -0.433. The van der Waals surface area contributed by atoms with Gasteiger partial charge >= 0.3 is 35.8 Å². The van der Waals surface area contributed by atoms with E-state index in [1.807, 2.05) is 0 Å². The molecular weight excluding hydrogens is 544 g/mol. The van der Waals surface area contributed by atoms with Crippen molar-refractivity contribution in [2.45, 2.75) is 116 Å². The smallest absolute Gasteiger partial charge is 0.339 e. The number of hydrogen-bond donors (Lipinski definition) is 0. The summed E-state index contributed by atoms with van der Waals surface area (Å²) in [4.78, 5) is 80.9. The molecule has 0 aromatic carbocycles. The zero-order valence-corrected chi connectivity index (χ0v) is 22.7. The minimum absolute atomic E-state index is 0.409. The number of fused-ring (bicyclic) bond motifs is 2. The quantitative estimate of drug-likeness (QED) is 0.151. The van der Waals surface area contributed by atoms with Gasteiger partial charge in [0.05, 0.1) is 12.2 Å². The average molecular weight is 577 g/mol. The Labute approximate surface area is 228 Å². The van der Waals surface area contributed by atoms with E-state index in [1.54, 1.807) is 0 Å². The summed E-state index contributed by atoms with van der Waals surface area (Å²) in [7, 11) is 0. The number of carbonyl (C=O) groups is 6. The van der Waals surface area contributed by atoms with Crippen molar-refractivity contribution in [1.82, 2.24) is 0 Å². The van der Waals surface area contributed by atoms with Crippen LogP contribution in [-0.2, 0) is 76.4 Å². The molecule has 3 aliphatic heterocycles. The summed E-state index contributed by atoms with van der Waals surface area (Å²) in [6, 6.07) is 0. The van der Waals surface area contributed by atoms with Crippen LogP contribution >= 0.6 is 0 Å². The van der Waals surface area contributed by atoms with Crippen LogP contribution in [0.25, 0.3) is 0 Å². The van der Waals surface area contributed by atoms with E-state index in [9.17, 15) is 28.8 Å². The number of rotatable bonds is 9. The van der Waals surface area contributed by atoms with E-state index in [1.165, 1.54) is 6.92 Å². The Balaban J connectivity index is 2.02. The molecule has 0 spiro atoms. The van der Waals surface area contributed by atoms with Crippen LogP contribution in [0, 0.1) is 0 Å². The first-order chi connectivity index (χ1) is 18.8. The molecule has 0 radical (unpaired) electrons. The molecule has 40 heavy (non-hydrogen) atoms. The van der Waals surface area contributed by atoms with E-state index in [4.69, 9.17) is 42.8 Å². The predicted octanol–water partition coefficient (Wildman–Crippen LogP) is -0.232. The summed E-state index contributed by atoms with van der Waals surface area (Å²) in [5.74, 6) is -4.84. The standard InChI is InChI=1S/C24H32O16/c1-9(25)31-17-15-7-8-16(36-15)18(19(17)32-10(2)26)37-23-21(34-12(4)28)20(33-11(3)27)22(35-13(5)29)24(38-23)40-39-14(6)30/h15-24H,7-8H2,1-6H3/t15-,16+,17+,18-,19-,20-,21-,22-,23-,24+/m0/s1. The fourth-order valence-electron chi connectivity index (χ4n) is 4.80. The van der Waals surface area contributed by atoms with Gasteiger partial charge in [-0.1, -0.05) is 0 Å². The van der Waals surface area contributed by atoms with Gasteiger partial charge in [-0.2, -0.15) is 0 Å². The van der Waals surface area contributed by atoms with Crippen molar-refractivity contribution in [3.8, 4) is 0 Å². The van der Waals surface area contributed by atoms with E-state index in [0.29, 0.717) is 12.8 Å². The first-order valence-corrected chi connectivity index (χ1v) is 12.4. The highest BCUT2D eigenvalue weighted by Gasteiger charge is 2.59. The molecule has 3 rings (SSSR count). The van der Waals surface area contributed by atoms with Crippen molar-refractivity contribution in [2.75, 3.05) is 0 Å². The predicted molar refractivity (Wildman–Crippen MR) is 122 cm³/mol. The Hall–Kier alpha value is -3.34. The molecule has 3 aliphatic rings. The van der Waals surface area contributed by atoms with Gasteiger partial charge in [0.2, 0.25) is 12.6 Å². The summed E-state index contributed by atoms with van der Waals surface area (Å²) in [5.41, 5.74) is 0. The van der Waals surface area contributed by atoms with Gasteiger partial charge < -0.3 is 37.9 Å². The van der Waals surface area contributed by atoms with Crippen LogP contribution in [0.5, 0.6) is 0 Å². The van der Waals surface area contributed by atoms with Gasteiger partial charge in [0, 0.05) is 41.5 Å². The highest BCUT2D eigenvalue weighted by molar-refractivity contribution is 5.69. The Kier molecular flexibility index (Phi) is 10.4. The first-order valence-electron chi connectivity index (χ1n) is 12.4. The molecule has 2 bridgehead atoms. The minimum atomic E-state index is -1.74. The Morgan fingerprint density at radius 1 is 0.475 bits per heavy atom. The van der Waals surface area contributed by atoms with Gasteiger partial charge in [0.15, 0.2) is 30.5 Å². The Morgan fingerprint density at radius 3 is 1.35 bits per heavy atom. The molecule has 10 atom stereocenters. The van der Waals surface area contributed by atoms with E-state index >= 15 is 0 Å². The molecule has 16 nitrogen and oxygen atoms in total. The molecule has 0 unspecified atom stereocenters. The Bertz CT molecular complexity index is 995. The number of carbonyl (C=O) groups excluding carboxylic acids is 6. The highest BCUT2D eigenvalue weighted by atomic mass is 17.2. The fraction of sp³-hybridized carbons (Fsp3) is 0.750. The lowest BCUT2D eigenvalue weighted by Crippen LogP contribution is -2.65. The zero-order chi connectivity index (χ0) is 29.7. The van der Waals surface area contributed by atoms with E-state index < -0.39 is 97.2 Å². The van der Waals surface area contributed by atoms with Gasteiger partial charge in [-0.25, -0.2) is 4.79 Å². The van der Waals surface area contributed by atoms with E-state index in [2.05, 4.69) is 4.89 Å². The maximum atomic E-state index is 12.1. The third kappa shape index (κ3) is 7.87. The molecule has 3 fully saturated rings. The second-order valence-electron chi connectivity index (χ2n) is 9.31. The number of hydrogen-bond acceptors (Lipinski definition) is 16. The second kappa shape index (κ2) is 13.3. The minimum Gasteiger partial charge on any atom is -0.456 e. The lowest BCUT2D eigenvalue weighted by atomic mass is 9.98. The van der Waals surface area contributed by atoms with Gasteiger partial charge in [-0.3, -0.25) is 28.9 Å². The topological polar surface area (TPSA) is 195 Å². The van der Waals surface area contributed by atoms with E-state index in [0.717, 1.165) is 34.6 Å². The number of esters is 5. The lowest BCUT2D eigenvalue weighted by Gasteiger charge is -2.46. The van der Waals surface area contributed by atoms with Crippen molar-refractivity contribution in [2.24, 2.45) is 0 Å². The van der Waals surface area contributed by atoms with Crippen LogP contribution in [-0.4, -0.2) is 97.2 Å². The summed E-state index contributed by atoms with van der Waals surface area (Å²) in [6.07, 6.45) is -12.0. The van der Waals surface area contributed by atoms with Crippen molar-refractivity contribution in [3.63, 3.8) is 0 Å². The van der Waals surface area contributed by atoms with Crippen LogP contribution in [0.2, 0.25) is 0 Å². The third-order valence-electron chi connectivity index (χ3n) is 5.98. The van der Waals surface area contributed by atoms with Crippen molar-refractivity contribution in [1.29, 1.82) is 0 Å². The largest absolute Gasteiger partial charge is 0.456 e. The molecule has 3 heterocycles.